The zero-order chi connectivity index (χ0) is 13.4. The average Bonchev–Trinajstić information content (AvgIpc) is 2.40. The Hall–Kier alpha value is -1.75. The molecule has 0 bridgehead atoms. The summed E-state index contributed by atoms with van der Waals surface area (Å²) in [5.41, 5.74) is 6.68. The van der Waals surface area contributed by atoms with Gasteiger partial charge in [-0.1, -0.05) is 24.2 Å². The van der Waals surface area contributed by atoms with E-state index in [1.807, 2.05) is 38.1 Å². The SMILES string of the molecule is CCOc1cccc(CNC(CC)C(N)=NO)c1. The van der Waals surface area contributed by atoms with Gasteiger partial charge in [-0.3, -0.25) is 0 Å². The Kier molecular flexibility index (Phi) is 6.00. The fourth-order valence-electron chi connectivity index (χ4n) is 1.68. The van der Waals surface area contributed by atoms with E-state index in [-0.39, 0.29) is 11.9 Å². The van der Waals surface area contributed by atoms with Crippen molar-refractivity contribution in [2.24, 2.45) is 10.9 Å². The highest BCUT2D eigenvalue weighted by molar-refractivity contribution is 5.85. The van der Waals surface area contributed by atoms with Crippen molar-refractivity contribution in [3.63, 3.8) is 0 Å². The number of benzene rings is 1. The van der Waals surface area contributed by atoms with Gasteiger partial charge in [0.2, 0.25) is 0 Å². The molecule has 0 heterocycles. The lowest BCUT2D eigenvalue weighted by Crippen LogP contribution is -2.40. The quantitative estimate of drug-likeness (QED) is 0.298. The minimum absolute atomic E-state index is 0.120. The summed E-state index contributed by atoms with van der Waals surface area (Å²) in [5.74, 6) is 1.06. The summed E-state index contributed by atoms with van der Waals surface area (Å²) in [6.45, 7) is 5.23. The largest absolute Gasteiger partial charge is 0.494 e. The number of oxime groups is 1. The standard InChI is InChI=1S/C13H21N3O2/c1-3-12(13(14)16-17)15-9-10-6-5-7-11(8-10)18-4-2/h5-8,12,15,17H,3-4,9H2,1-2H3,(H2,14,16). The molecule has 0 aliphatic carbocycles. The van der Waals surface area contributed by atoms with E-state index in [1.165, 1.54) is 0 Å². The third kappa shape index (κ3) is 4.25. The zero-order valence-corrected chi connectivity index (χ0v) is 10.9. The van der Waals surface area contributed by atoms with E-state index in [0.29, 0.717) is 13.2 Å². The summed E-state index contributed by atoms with van der Waals surface area (Å²) in [4.78, 5) is 0. The number of ether oxygens (including phenoxy) is 1. The third-order valence-electron chi connectivity index (χ3n) is 2.64. The Morgan fingerprint density at radius 1 is 1.50 bits per heavy atom. The molecule has 1 aromatic rings. The highest BCUT2D eigenvalue weighted by atomic mass is 16.5. The number of amidine groups is 1. The van der Waals surface area contributed by atoms with E-state index < -0.39 is 0 Å². The third-order valence-corrected chi connectivity index (χ3v) is 2.64. The van der Waals surface area contributed by atoms with Crippen LogP contribution in [0.5, 0.6) is 5.75 Å². The van der Waals surface area contributed by atoms with Crippen molar-refractivity contribution in [2.75, 3.05) is 6.61 Å². The highest BCUT2D eigenvalue weighted by Crippen LogP contribution is 2.13. The molecule has 5 heteroatoms. The van der Waals surface area contributed by atoms with Crippen LogP contribution in [0.25, 0.3) is 0 Å². The van der Waals surface area contributed by atoms with Crippen molar-refractivity contribution in [3.8, 4) is 5.75 Å². The summed E-state index contributed by atoms with van der Waals surface area (Å²) in [7, 11) is 0. The Morgan fingerprint density at radius 2 is 2.28 bits per heavy atom. The van der Waals surface area contributed by atoms with Gasteiger partial charge in [-0.05, 0) is 31.0 Å². The van der Waals surface area contributed by atoms with Crippen LogP contribution in [0.15, 0.2) is 29.4 Å². The molecule has 1 unspecified atom stereocenters. The van der Waals surface area contributed by atoms with E-state index in [2.05, 4.69) is 10.5 Å². The van der Waals surface area contributed by atoms with E-state index >= 15 is 0 Å². The van der Waals surface area contributed by atoms with Gasteiger partial charge in [0.05, 0.1) is 12.6 Å². The summed E-state index contributed by atoms with van der Waals surface area (Å²) in [6, 6.07) is 7.75. The first-order valence-electron chi connectivity index (χ1n) is 6.13. The van der Waals surface area contributed by atoms with Crippen LogP contribution in [-0.4, -0.2) is 23.7 Å². The molecule has 0 saturated carbocycles. The minimum atomic E-state index is -0.120. The van der Waals surface area contributed by atoms with Crippen LogP contribution < -0.4 is 15.8 Å². The van der Waals surface area contributed by atoms with E-state index in [1.54, 1.807) is 0 Å². The van der Waals surface area contributed by atoms with Crippen molar-refractivity contribution in [3.05, 3.63) is 29.8 Å². The van der Waals surface area contributed by atoms with Gasteiger partial charge in [-0.25, -0.2) is 0 Å². The Balaban J connectivity index is 2.59. The van der Waals surface area contributed by atoms with Crippen molar-refractivity contribution >= 4 is 5.84 Å². The monoisotopic (exact) mass is 251 g/mol. The smallest absolute Gasteiger partial charge is 0.156 e. The maximum atomic E-state index is 8.65. The number of hydrogen-bond acceptors (Lipinski definition) is 4. The molecule has 0 spiro atoms. The molecule has 4 N–H and O–H groups in total. The fraction of sp³-hybridized carbons (Fsp3) is 0.462. The predicted molar refractivity (Wildman–Crippen MR) is 71.9 cm³/mol. The van der Waals surface area contributed by atoms with Crippen LogP contribution in [-0.2, 0) is 6.54 Å². The van der Waals surface area contributed by atoms with Crippen molar-refractivity contribution in [1.29, 1.82) is 0 Å². The second-order valence-corrected chi connectivity index (χ2v) is 3.95. The predicted octanol–water partition coefficient (Wildman–Crippen LogP) is 1.70. The lowest BCUT2D eigenvalue weighted by atomic mass is 10.1. The molecule has 0 saturated heterocycles. The highest BCUT2D eigenvalue weighted by Gasteiger charge is 2.10. The number of hydrogen-bond donors (Lipinski definition) is 3. The Labute approximate surface area is 108 Å². The Bertz CT molecular complexity index is 394. The average molecular weight is 251 g/mol. The van der Waals surface area contributed by atoms with Gasteiger partial charge in [0.25, 0.3) is 0 Å². The summed E-state index contributed by atoms with van der Waals surface area (Å²) >= 11 is 0. The number of rotatable bonds is 7. The number of nitrogens with zero attached hydrogens (tertiary/aromatic N) is 1. The molecule has 0 aromatic heterocycles. The van der Waals surface area contributed by atoms with Crippen LogP contribution in [0.4, 0.5) is 0 Å². The first-order valence-corrected chi connectivity index (χ1v) is 6.13. The molecule has 0 aliphatic heterocycles. The summed E-state index contributed by atoms with van der Waals surface area (Å²) in [5, 5.41) is 14.9. The minimum Gasteiger partial charge on any atom is -0.494 e. The van der Waals surface area contributed by atoms with Crippen molar-refractivity contribution in [2.45, 2.75) is 32.9 Å². The van der Waals surface area contributed by atoms with E-state index in [9.17, 15) is 0 Å². The normalized spacial score (nSPS) is 13.3. The lowest BCUT2D eigenvalue weighted by molar-refractivity contribution is 0.314. The van der Waals surface area contributed by atoms with Gasteiger partial charge < -0.3 is 21.0 Å². The van der Waals surface area contributed by atoms with Gasteiger partial charge >= 0.3 is 0 Å². The van der Waals surface area contributed by atoms with Gasteiger partial charge in [-0.2, -0.15) is 0 Å². The Morgan fingerprint density at radius 3 is 2.89 bits per heavy atom. The molecular weight excluding hydrogens is 230 g/mol. The van der Waals surface area contributed by atoms with E-state index in [4.69, 9.17) is 15.7 Å². The second kappa shape index (κ2) is 7.55. The maximum Gasteiger partial charge on any atom is 0.156 e. The van der Waals surface area contributed by atoms with Crippen LogP contribution in [0, 0.1) is 0 Å². The molecule has 1 aromatic carbocycles. The second-order valence-electron chi connectivity index (χ2n) is 3.95. The zero-order valence-electron chi connectivity index (χ0n) is 10.9. The molecule has 18 heavy (non-hydrogen) atoms. The fourth-order valence-corrected chi connectivity index (χ4v) is 1.68. The van der Waals surface area contributed by atoms with Crippen molar-refractivity contribution < 1.29 is 9.94 Å². The van der Waals surface area contributed by atoms with Crippen molar-refractivity contribution in [1.82, 2.24) is 5.32 Å². The van der Waals surface area contributed by atoms with Gasteiger partial charge in [0.15, 0.2) is 5.84 Å². The molecule has 0 radical (unpaired) electrons. The van der Waals surface area contributed by atoms with Crippen LogP contribution >= 0.6 is 0 Å². The molecule has 1 rings (SSSR count). The molecular formula is C13H21N3O2. The molecule has 1 atom stereocenters. The molecule has 100 valence electrons. The lowest BCUT2D eigenvalue weighted by Gasteiger charge is -2.15. The molecule has 5 nitrogen and oxygen atoms in total. The molecule has 0 fully saturated rings. The summed E-state index contributed by atoms with van der Waals surface area (Å²) in [6.07, 6.45) is 0.765. The topological polar surface area (TPSA) is 79.9 Å². The van der Waals surface area contributed by atoms with Gasteiger partial charge in [-0.15, -0.1) is 0 Å². The number of nitrogens with one attached hydrogen (secondary N) is 1. The first-order chi connectivity index (χ1) is 8.71. The van der Waals surface area contributed by atoms with Gasteiger partial charge in [0.1, 0.15) is 5.75 Å². The van der Waals surface area contributed by atoms with E-state index in [0.717, 1.165) is 17.7 Å². The first kappa shape index (κ1) is 14.3. The number of nitrogens with two attached hydrogens (primary N) is 1. The van der Waals surface area contributed by atoms with Gasteiger partial charge in [0, 0.05) is 6.54 Å². The van der Waals surface area contributed by atoms with Crippen LogP contribution in [0.2, 0.25) is 0 Å². The maximum absolute atomic E-state index is 8.65. The van der Waals surface area contributed by atoms with Crippen LogP contribution in [0.3, 0.4) is 0 Å². The summed E-state index contributed by atoms with van der Waals surface area (Å²) < 4.78 is 5.43. The van der Waals surface area contributed by atoms with Crippen LogP contribution in [0.1, 0.15) is 25.8 Å². The molecule has 0 aliphatic rings. The molecule has 0 amide bonds.